The number of hydrogen-bond acceptors (Lipinski definition) is 4. The summed E-state index contributed by atoms with van der Waals surface area (Å²) in [5.74, 6) is 0. The first kappa shape index (κ1) is 19.8. The van der Waals surface area contributed by atoms with E-state index in [0.717, 1.165) is 5.56 Å². The van der Waals surface area contributed by atoms with Gasteiger partial charge in [-0.2, -0.15) is 0 Å². The smallest absolute Gasteiger partial charge is 0.410 e. The van der Waals surface area contributed by atoms with Crippen molar-refractivity contribution in [2.45, 2.75) is 57.9 Å². The third kappa shape index (κ3) is 5.79. The van der Waals surface area contributed by atoms with E-state index in [4.69, 9.17) is 9.47 Å². The van der Waals surface area contributed by atoms with Crippen molar-refractivity contribution < 1.29 is 19.1 Å². The van der Waals surface area contributed by atoms with E-state index >= 15 is 0 Å². The summed E-state index contributed by atoms with van der Waals surface area (Å²) in [6.07, 6.45) is 2.11. The van der Waals surface area contributed by atoms with Crippen LogP contribution in [0.1, 0.15) is 39.2 Å². The topological polar surface area (TPSA) is 67.9 Å². The number of hydrogen-bond donors (Lipinski definition) is 1. The predicted octanol–water partition coefficient (Wildman–Crippen LogP) is 3.87. The van der Waals surface area contributed by atoms with Crippen molar-refractivity contribution in [2.75, 3.05) is 6.54 Å². The zero-order chi connectivity index (χ0) is 19.2. The fraction of sp³-hybridized carbons (Fsp3) is 0.500. The van der Waals surface area contributed by atoms with Crippen LogP contribution < -0.4 is 5.32 Å². The van der Waals surface area contributed by atoms with Gasteiger partial charge in [0.25, 0.3) is 0 Å². The lowest BCUT2D eigenvalue weighted by atomic mass is 10.1. The van der Waals surface area contributed by atoms with Gasteiger partial charge in [-0.05, 0) is 39.2 Å². The summed E-state index contributed by atoms with van der Waals surface area (Å²) < 4.78 is 10.7. The Morgan fingerprint density at radius 1 is 1.31 bits per heavy atom. The molecule has 1 aromatic rings. The van der Waals surface area contributed by atoms with Crippen LogP contribution >= 0.6 is 0 Å². The highest BCUT2D eigenvalue weighted by molar-refractivity contribution is 5.71. The second kappa shape index (κ2) is 8.74. The van der Waals surface area contributed by atoms with Crippen LogP contribution in [0.25, 0.3) is 0 Å². The maximum atomic E-state index is 12.4. The Bertz CT molecular complexity index is 624. The first-order valence-corrected chi connectivity index (χ1v) is 8.88. The molecule has 0 bridgehead atoms. The van der Waals surface area contributed by atoms with Crippen LogP contribution in [0, 0.1) is 0 Å². The molecule has 6 heteroatoms. The number of nitrogens with zero attached hydrogens (tertiary/aromatic N) is 1. The number of ether oxygens (including phenoxy) is 2. The summed E-state index contributed by atoms with van der Waals surface area (Å²) in [7, 11) is 0. The highest BCUT2D eigenvalue weighted by Crippen LogP contribution is 2.24. The van der Waals surface area contributed by atoms with Crippen LogP contribution in [0.15, 0.2) is 43.0 Å². The first-order valence-electron chi connectivity index (χ1n) is 8.88. The molecule has 142 valence electrons. The maximum absolute atomic E-state index is 12.4. The average Bonchev–Trinajstić information content (AvgIpc) is 2.95. The molecule has 1 heterocycles. The molecule has 1 aliphatic rings. The molecule has 2 amide bonds. The normalized spacial score (nSPS) is 19.7. The molecule has 1 saturated heterocycles. The standard InChI is InChI=1S/C20H28N2O4/c1-5-9-17-16(12-13-22(17)19(24)26-20(2,3)4)21-18(23)25-14-15-10-7-6-8-11-15/h5-8,10-11,16-17H,1,9,12-14H2,2-4H3,(H,21,23)/t16-,17-/m1/s1. The fourth-order valence-electron chi connectivity index (χ4n) is 2.95. The van der Waals surface area contributed by atoms with Crippen LogP contribution in [0.4, 0.5) is 9.59 Å². The van der Waals surface area contributed by atoms with Gasteiger partial charge in [-0.3, -0.25) is 0 Å². The van der Waals surface area contributed by atoms with Gasteiger partial charge in [0.05, 0.1) is 12.1 Å². The number of amides is 2. The van der Waals surface area contributed by atoms with E-state index in [9.17, 15) is 9.59 Å². The number of likely N-dealkylation sites (tertiary alicyclic amines) is 1. The second-order valence-corrected chi connectivity index (χ2v) is 7.37. The summed E-state index contributed by atoms with van der Waals surface area (Å²) >= 11 is 0. The molecule has 0 unspecified atom stereocenters. The number of rotatable bonds is 5. The minimum atomic E-state index is -0.560. The Kier molecular flexibility index (Phi) is 6.66. The molecule has 0 aromatic heterocycles. The molecule has 0 radical (unpaired) electrons. The number of carbonyl (C=O) groups is 2. The lowest BCUT2D eigenvalue weighted by molar-refractivity contribution is 0.0216. The van der Waals surface area contributed by atoms with Crippen LogP contribution in [0.5, 0.6) is 0 Å². The van der Waals surface area contributed by atoms with E-state index in [1.165, 1.54) is 0 Å². The van der Waals surface area contributed by atoms with Crippen molar-refractivity contribution in [3.05, 3.63) is 48.6 Å². The maximum Gasteiger partial charge on any atom is 0.410 e. The van der Waals surface area contributed by atoms with Crippen LogP contribution in [0.2, 0.25) is 0 Å². The Morgan fingerprint density at radius 3 is 2.62 bits per heavy atom. The molecular weight excluding hydrogens is 332 g/mol. The molecule has 1 N–H and O–H groups in total. The summed E-state index contributed by atoms with van der Waals surface area (Å²) in [5, 5.41) is 2.87. The fourth-order valence-corrected chi connectivity index (χ4v) is 2.95. The van der Waals surface area contributed by atoms with E-state index < -0.39 is 11.7 Å². The quantitative estimate of drug-likeness (QED) is 0.810. The van der Waals surface area contributed by atoms with E-state index in [-0.39, 0.29) is 24.8 Å². The van der Waals surface area contributed by atoms with Gasteiger partial charge in [0, 0.05) is 6.54 Å². The van der Waals surface area contributed by atoms with Crippen LogP contribution in [-0.2, 0) is 16.1 Å². The first-order chi connectivity index (χ1) is 12.3. The van der Waals surface area contributed by atoms with Gasteiger partial charge in [-0.1, -0.05) is 36.4 Å². The Labute approximate surface area is 155 Å². The van der Waals surface area contributed by atoms with Gasteiger partial charge in [0.2, 0.25) is 0 Å². The third-order valence-corrected chi connectivity index (χ3v) is 4.10. The highest BCUT2D eigenvalue weighted by atomic mass is 16.6. The van der Waals surface area contributed by atoms with Gasteiger partial charge < -0.3 is 19.7 Å². The molecule has 1 aromatic carbocycles. The molecule has 0 saturated carbocycles. The second-order valence-electron chi connectivity index (χ2n) is 7.37. The van der Waals surface area contributed by atoms with Gasteiger partial charge in [-0.25, -0.2) is 9.59 Å². The Morgan fingerprint density at radius 2 is 2.00 bits per heavy atom. The summed E-state index contributed by atoms with van der Waals surface area (Å²) in [6, 6.07) is 9.11. The molecule has 1 aliphatic heterocycles. The van der Waals surface area contributed by atoms with Crippen molar-refractivity contribution in [1.29, 1.82) is 0 Å². The molecule has 2 atom stereocenters. The number of alkyl carbamates (subject to hydrolysis) is 1. The monoisotopic (exact) mass is 360 g/mol. The summed E-state index contributed by atoms with van der Waals surface area (Å²) in [5.41, 5.74) is 0.364. The predicted molar refractivity (Wildman–Crippen MR) is 99.7 cm³/mol. The van der Waals surface area contributed by atoms with E-state index in [0.29, 0.717) is 19.4 Å². The van der Waals surface area contributed by atoms with Crippen LogP contribution in [0.3, 0.4) is 0 Å². The number of nitrogens with one attached hydrogen (secondary N) is 1. The van der Waals surface area contributed by atoms with Crippen molar-refractivity contribution in [2.24, 2.45) is 0 Å². The molecule has 1 fully saturated rings. The molecule has 0 aliphatic carbocycles. The zero-order valence-corrected chi connectivity index (χ0v) is 15.7. The largest absolute Gasteiger partial charge is 0.445 e. The molecule has 6 nitrogen and oxygen atoms in total. The van der Waals surface area contributed by atoms with Gasteiger partial charge in [0.1, 0.15) is 12.2 Å². The molecule has 2 rings (SSSR count). The van der Waals surface area contributed by atoms with Gasteiger partial charge in [0.15, 0.2) is 0 Å². The molecule has 26 heavy (non-hydrogen) atoms. The van der Waals surface area contributed by atoms with Crippen molar-refractivity contribution >= 4 is 12.2 Å². The molecule has 0 spiro atoms. The number of carbonyl (C=O) groups excluding carboxylic acids is 2. The van der Waals surface area contributed by atoms with E-state index in [2.05, 4.69) is 11.9 Å². The van der Waals surface area contributed by atoms with Crippen molar-refractivity contribution in [1.82, 2.24) is 10.2 Å². The lowest BCUT2D eigenvalue weighted by Gasteiger charge is -2.30. The Hall–Kier alpha value is -2.50. The molecular formula is C20H28N2O4. The van der Waals surface area contributed by atoms with Gasteiger partial charge >= 0.3 is 12.2 Å². The van der Waals surface area contributed by atoms with Gasteiger partial charge in [-0.15, -0.1) is 6.58 Å². The van der Waals surface area contributed by atoms with Crippen molar-refractivity contribution in [3.8, 4) is 0 Å². The number of benzene rings is 1. The summed E-state index contributed by atoms with van der Waals surface area (Å²) in [6.45, 7) is 9.99. The highest BCUT2D eigenvalue weighted by Gasteiger charge is 2.39. The SMILES string of the molecule is C=CC[C@@H]1[C@H](NC(=O)OCc2ccccc2)CCN1C(=O)OC(C)(C)C. The van der Waals surface area contributed by atoms with E-state index in [1.54, 1.807) is 11.0 Å². The summed E-state index contributed by atoms with van der Waals surface area (Å²) in [4.78, 5) is 26.2. The minimum absolute atomic E-state index is 0.188. The lowest BCUT2D eigenvalue weighted by Crippen LogP contribution is -2.47. The van der Waals surface area contributed by atoms with E-state index in [1.807, 2.05) is 51.1 Å². The zero-order valence-electron chi connectivity index (χ0n) is 15.7. The Balaban J connectivity index is 1.92. The average molecular weight is 360 g/mol. The van der Waals surface area contributed by atoms with Crippen LogP contribution in [-0.4, -0.2) is 41.3 Å². The minimum Gasteiger partial charge on any atom is -0.445 e. The third-order valence-electron chi connectivity index (χ3n) is 4.10. The van der Waals surface area contributed by atoms with Crippen molar-refractivity contribution in [3.63, 3.8) is 0 Å².